The van der Waals surface area contributed by atoms with Crippen LogP contribution in [-0.2, 0) is 0 Å². The molecule has 1 aromatic rings. The highest BCUT2D eigenvalue weighted by atomic mass is 16.3. The van der Waals surface area contributed by atoms with E-state index in [1.165, 1.54) is 18.4 Å². The summed E-state index contributed by atoms with van der Waals surface area (Å²) in [5.74, 6) is 1.04. The molecule has 0 aliphatic heterocycles. The van der Waals surface area contributed by atoms with Crippen LogP contribution < -0.4 is 0 Å². The SMILES string of the molecule is C=C(c1ccc(C)c(O)c1)C1CC1. The molecule has 68 valence electrons. The van der Waals surface area contributed by atoms with Crippen LogP contribution in [0.3, 0.4) is 0 Å². The van der Waals surface area contributed by atoms with Crippen LogP contribution in [0.5, 0.6) is 5.75 Å². The van der Waals surface area contributed by atoms with Crippen molar-refractivity contribution in [3.05, 3.63) is 35.9 Å². The summed E-state index contributed by atoms with van der Waals surface area (Å²) in [4.78, 5) is 0. The van der Waals surface area contributed by atoms with Crippen molar-refractivity contribution < 1.29 is 5.11 Å². The van der Waals surface area contributed by atoms with Gasteiger partial charge in [0.2, 0.25) is 0 Å². The number of rotatable bonds is 2. The van der Waals surface area contributed by atoms with E-state index < -0.39 is 0 Å². The van der Waals surface area contributed by atoms with Gasteiger partial charge < -0.3 is 5.11 Å². The fourth-order valence-electron chi connectivity index (χ4n) is 1.48. The molecule has 1 N–H and O–H groups in total. The van der Waals surface area contributed by atoms with E-state index in [9.17, 15) is 5.11 Å². The molecule has 0 atom stereocenters. The minimum Gasteiger partial charge on any atom is -0.508 e. The van der Waals surface area contributed by atoms with Gasteiger partial charge >= 0.3 is 0 Å². The van der Waals surface area contributed by atoms with Gasteiger partial charge in [-0.15, -0.1) is 0 Å². The number of benzene rings is 1. The molecule has 0 aromatic heterocycles. The van der Waals surface area contributed by atoms with E-state index in [1.54, 1.807) is 0 Å². The van der Waals surface area contributed by atoms with E-state index in [0.717, 1.165) is 11.1 Å². The fourth-order valence-corrected chi connectivity index (χ4v) is 1.48. The van der Waals surface area contributed by atoms with Gasteiger partial charge in [-0.2, -0.15) is 0 Å². The zero-order valence-electron chi connectivity index (χ0n) is 7.88. The Kier molecular flexibility index (Phi) is 1.87. The molecule has 1 heteroatoms. The molecular weight excluding hydrogens is 160 g/mol. The zero-order valence-corrected chi connectivity index (χ0v) is 7.88. The minimum absolute atomic E-state index is 0.374. The van der Waals surface area contributed by atoms with Crippen LogP contribution >= 0.6 is 0 Å². The van der Waals surface area contributed by atoms with Crippen molar-refractivity contribution >= 4 is 5.57 Å². The first-order valence-electron chi connectivity index (χ1n) is 4.67. The van der Waals surface area contributed by atoms with Gasteiger partial charge in [-0.05, 0) is 48.4 Å². The topological polar surface area (TPSA) is 20.2 Å². The van der Waals surface area contributed by atoms with Crippen molar-refractivity contribution in [1.82, 2.24) is 0 Å². The predicted molar refractivity (Wildman–Crippen MR) is 54.6 cm³/mol. The summed E-state index contributed by atoms with van der Waals surface area (Å²) in [6, 6.07) is 5.80. The van der Waals surface area contributed by atoms with Crippen molar-refractivity contribution in [1.29, 1.82) is 0 Å². The monoisotopic (exact) mass is 174 g/mol. The first kappa shape index (κ1) is 8.36. The van der Waals surface area contributed by atoms with Crippen LogP contribution in [0.4, 0.5) is 0 Å². The molecule has 1 aliphatic carbocycles. The molecule has 0 radical (unpaired) electrons. The van der Waals surface area contributed by atoms with Gasteiger partial charge in [0.1, 0.15) is 5.75 Å². The van der Waals surface area contributed by atoms with Crippen LogP contribution in [0.2, 0.25) is 0 Å². The summed E-state index contributed by atoms with van der Waals surface area (Å²) in [5, 5.41) is 9.51. The highest BCUT2D eigenvalue weighted by molar-refractivity contribution is 5.68. The van der Waals surface area contributed by atoms with E-state index in [-0.39, 0.29) is 0 Å². The summed E-state index contributed by atoms with van der Waals surface area (Å²) in [5.41, 5.74) is 3.19. The van der Waals surface area contributed by atoms with Crippen LogP contribution in [0.15, 0.2) is 24.8 Å². The first-order chi connectivity index (χ1) is 6.18. The van der Waals surface area contributed by atoms with Gasteiger partial charge in [0, 0.05) is 0 Å². The number of hydrogen-bond donors (Lipinski definition) is 1. The molecular formula is C12H14O. The summed E-state index contributed by atoms with van der Waals surface area (Å²) in [6.07, 6.45) is 2.51. The Balaban J connectivity index is 2.30. The van der Waals surface area contributed by atoms with Crippen molar-refractivity contribution in [2.75, 3.05) is 0 Å². The Morgan fingerprint density at radius 2 is 2.15 bits per heavy atom. The molecule has 1 aliphatic rings. The Hall–Kier alpha value is -1.24. The average molecular weight is 174 g/mol. The van der Waals surface area contributed by atoms with Gasteiger partial charge in [-0.1, -0.05) is 18.7 Å². The average Bonchev–Trinajstić information content (AvgIpc) is 2.91. The summed E-state index contributed by atoms with van der Waals surface area (Å²) in [6.45, 7) is 5.95. The number of allylic oxidation sites excluding steroid dienone is 1. The fraction of sp³-hybridized carbons (Fsp3) is 0.333. The van der Waals surface area contributed by atoms with Crippen molar-refractivity contribution in [3.8, 4) is 5.75 Å². The summed E-state index contributed by atoms with van der Waals surface area (Å²) >= 11 is 0. The summed E-state index contributed by atoms with van der Waals surface area (Å²) in [7, 11) is 0. The highest BCUT2D eigenvalue weighted by Crippen LogP contribution is 2.41. The lowest BCUT2D eigenvalue weighted by atomic mass is 10.0. The van der Waals surface area contributed by atoms with Gasteiger partial charge in [-0.25, -0.2) is 0 Å². The maximum atomic E-state index is 9.51. The number of hydrogen-bond acceptors (Lipinski definition) is 1. The van der Waals surface area contributed by atoms with Gasteiger partial charge in [0.25, 0.3) is 0 Å². The minimum atomic E-state index is 0.374. The number of aromatic hydroxyl groups is 1. The Morgan fingerprint density at radius 1 is 1.46 bits per heavy atom. The Bertz CT molecular complexity index is 348. The molecule has 0 saturated heterocycles. The third-order valence-corrected chi connectivity index (χ3v) is 2.65. The van der Waals surface area contributed by atoms with Gasteiger partial charge in [-0.3, -0.25) is 0 Å². The van der Waals surface area contributed by atoms with E-state index in [1.807, 2.05) is 25.1 Å². The van der Waals surface area contributed by atoms with Gasteiger partial charge in [0.15, 0.2) is 0 Å². The van der Waals surface area contributed by atoms with E-state index >= 15 is 0 Å². The Labute approximate surface area is 78.7 Å². The van der Waals surface area contributed by atoms with Crippen LogP contribution in [0.25, 0.3) is 5.57 Å². The predicted octanol–water partition coefficient (Wildman–Crippen LogP) is 3.12. The highest BCUT2D eigenvalue weighted by Gasteiger charge is 2.25. The number of phenols is 1. The third-order valence-electron chi connectivity index (χ3n) is 2.65. The van der Waals surface area contributed by atoms with Gasteiger partial charge in [0.05, 0.1) is 0 Å². The maximum absolute atomic E-state index is 9.51. The van der Waals surface area contributed by atoms with Crippen LogP contribution in [0, 0.1) is 12.8 Å². The second-order valence-corrected chi connectivity index (χ2v) is 3.80. The molecule has 0 bridgehead atoms. The largest absolute Gasteiger partial charge is 0.508 e. The molecule has 2 rings (SSSR count). The summed E-state index contributed by atoms with van der Waals surface area (Å²) < 4.78 is 0. The molecule has 1 nitrogen and oxygen atoms in total. The standard InChI is InChI=1S/C12H14O/c1-8-3-4-11(7-12(8)13)9(2)10-5-6-10/h3-4,7,10,13H,2,5-6H2,1H3. The smallest absolute Gasteiger partial charge is 0.119 e. The molecule has 1 fully saturated rings. The van der Waals surface area contributed by atoms with Crippen molar-refractivity contribution in [3.63, 3.8) is 0 Å². The molecule has 1 saturated carbocycles. The third kappa shape index (κ3) is 1.59. The van der Waals surface area contributed by atoms with E-state index in [4.69, 9.17) is 0 Å². The number of aryl methyl sites for hydroxylation is 1. The van der Waals surface area contributed by atoms with Crippen molar-refractivity contribution in [2.45, 2.75) is 19.8 Å². The first-order valence-corrected chi connectivity index (χ1v) is 4.67. The molecule has 1 aromatic carbocycles. The molecule has 13 heavy (non-hydrogen) atoms. The maximum Gasteiger partial charge on any atom is 0.119 e. The van der Waals surface area contributed by atoms with Crippen LogP contribution in [-0.4, -0.2) is 5.11 Å². The second kappa shape index (κ2) is 2.91. The molecule has 0 heterocycles. The molecule has 0 amide bonds. The van der Waals surface area contributed by atoms with Crippen LogP contribution in [0.1, 0.15) is 24.0 Å². The lowest BCUT2D eigenvalue weighted by Crippen LogP contribution is -1.85. The lowest BCUT2D eigenvalue weighted by Gasteiger charge is -2.05. The quantitative estimate of drug-likeness (QED) is 0.730. The zero-order chi connectivity index (χ0) is 9.42. The van der Waals surface area contributed by atoms with E-state index in [2.05, 4.69) is 6.58 Å². The molecule has 0 spiro atoms. The number of phenolic OH excluding ortho intramolecular Hbond substituents is 1. The lowest BCUT2D eigenvalue weighted by molar-refractivity contribution is 0.471. The van der Waals surface area contributed by atoms with E-state index in [0.29, 0.717) is 11.7 Å². The Morgan fingerprint density at radius 3 is 2.69 bits per heavy atom. The van der Waals surface area contributed by atoms with Crippen molar-refractivity contribution in [2.24, 2.45) is 5.92 Å². The molecule has 0 unspecified atom stereocenters. The normalized spacial score (nSPS) is 15.8. The second-order valence-electron chi connectivity index (χ2n) is 3.80.